The zero-order chi connectivity index (χ0) is 30.4. The van der Waals surface area contributed by atoms with E-state index in [-0.39, 0.29) is 12.6 Å². The van der Waals surface area contributed by atoms with Crippen LogP contribution in [-0.2, 0) is 17.5 Å². The van der Waals surface area contributed by atoms with Crippen molar-refractivity contribution >= 4 is 34.7 Å². The van der Waals surface area contributed by atoms with E-state index in [0.29, 0.717) is 46.8 Å². The molecular formula is C30H29F5N4O3. The molecule has 42 heavy (non-hydrogen) atoms. The SMILES string of the molecule is CC1(C)C(=O)N(c2ccc(F)c(C(F)(F)F)c2)C(=O)N1Cc1ccc(F)cc1Nc1ccc(N2CCC(O)CC2)cc1. The molecule has 2 aliphatic rings. The summed E-state index contributed by atoms with van der Waals surface area (Å²) in [5, 5.41) is 12.9. The maximum Gasteiger partial charge on any atom is 0.419 e. The molecule has 0 unspecified atom stereocenters. The third-order valence-corrected chi connectivity index (χ3v) is 7.71. The Balaban J connectivity index is 1.39. The van der Waals surface area contributed by atoms with Crippen LogP contribution in [0.25, 0.3) is 0 Å². The Morgan fingerprint density at radius 1 is 0.929 bits per heavy atom. The first kappa shape index (κ1) is 29.3. The van der Waals surface area contributed by atoms with Gasteiger partial charge in [-0.25, -0.2) is 18.5 Å². The number of benzene rings is 3. The molecule has 3 amide bonds. The highest BCUT2D eigenvalue weighted by molar-refractivity contribution is 6.23. The Kier molecular flexibility index (Phi) is 7.61. The summed E-state index contributed by atoms with van der Waals surface area (Å²) >= 11 is 0. The highest BCUT2D eigenvalue weighted by atomic mass is 19.4. The molecule has 0 bridgehead atoms. The van der Waals surface area contributed by atoms with Crippen molar-refractivity contribution in [3.8, 4) is 0 Å². The Morgan fingerprint density at radius 3 is 2.21 bits per heavy atom. The van der Waals surface area contributed by atoms with E-state index >= 15 is 0 Å². The number of piperidine rings is 1. The van der Waals surface area contributed by atoms with Crippen molar-refractivity contribution in [3.63, 3.8) is 0 Å². The van der Waals surface area contributed by atoms with E-state index in [1.165, 1.54) is 36.9 Å². The van der Waals surface area contributed by atoms with Gasteiger partial charge < -0.3 is 20.2 Å². The van der Waals surface area contributed by atoms with E-state index in [0.717, 1.165) is 24.8 Å². The molecule has 2 fully saturated rings. The predicted octanol–water partition coefficient (Wildman–Crippen LogP) is 6.44. The minimum Gasteiger partial charge on any atom is -0.393 e. The molecule has 222 valence electrons. The summed E-state index contributed by atoms with van der Waals surface area (Å²) in [6, 6.07) is 12.4. The fourth-order valence-corrected chi connectivity index (χ4v) is 5.21. The third kappa shape index (κ3) is 5.63. The highest BCUT2D eigenvalue weighted by Gasteiger charge is 2.52. The van der Waals surface area contributed by atoms with Crippen molar-refractivity contribution in [2.45, 2.75) is 51.1 Å². The number of amides is 3. The Morgan fingerprint density at radius 2 is 1.57 bits per heavy atom. The largest absolute Gasteiger partial charge is 0.419 e. The van der Waals surface area contributed by atoms with Crippen molar-refractivity contribution in [2.24, 2.45) is 0 Å². The van der Waals surface area contributed by atoms with Crippen molar-refractivity contribution in [1.82, 2.24) is 4.90 Å². The predicted molar refractivity (Wildman–Crippen MR) is 147 cm³/mol. The van der Waals surface area contributed by atoms with Crippen LogP contribution in [0.15, 0.2) is 60.7 Å². The first-order valence-electron chi connectivity index (χ1n) is 13.4. The molecule has 0 aliphatic carbocycles. The number of aliphatic hydroxyl groups is 1. The number of urea groups is 1. The monoisotopic (exact) mass is 588 g/mol. The van der Waals surface area contributed by atoms with Gasteiger partial charge in [0, 0.05) is 30.2 Å². The van der Waals surface area contributed by atoms with Gasteiger partial charge in [-0.3, -0.25) is 4.79 Å². The van der Waals surface area contributed by atoms with Crippen molar-refractivity contribution in [2.75, 3.05) is 28.2 Å². The number of aliphatic hydroxyl groups excluding tert-OH is 1. The number of hydrogen-bond donors (Lipinski definition) is 2. The van der Waals surface area contributed by atoms with Gasteiger partial charge in [0.05, 0.1) is 23.9 Å². The molecule has 12 heteroatoms. The molecule has 0 aromatic heterocycles. The van der Waals surface area contributed by atoms with Crippen molar-refractivity contribution < 1.29 is 36.6 Å². The summed E-state index contributed by atoms with van der Waals surface area (Å²) < 4.78 is 68.2. The van der Waals surface area contributed by atoms with Crippen LogP contribution in [0.4, 0.5) is 49.5 Å². The lowest BCUT2D eigenvalue weighted by Gasteiger charge is -2.31. The lowest BCUT2D eigenvalue weighted by Crippen LogP contribution is -2.43. The lowest BCUT2D eigenvalue weighted by atomic mass is 10.0. The van der Waals surface area contributed by atoms with E-state index in [1.807, 2.05) is 24.3 Å². The summed E-state index contributed by atoms with van der Waals surface area (Å²) in [5.74, 6) is -2.85. The first-order valence-corrected chi connectivity index (χ1v) is 13.4. The number of nitrogens with one attached hydrogen (secondary N) is 1. The summed E-state index contributed by atoms with van der Waals surface area (Å²) in [6.45, 7) is 4.20. The molecule has 2 aliphatic heterocycles. The second-order valence-corrected chi connectivity index (χ2v) is 10.9. The molecule has 0 saturated carbocycles. The maximum absolute atomic E-state index is 14.3. The normalized spacial score (nSPS) is 17.8. The molecule has 2 saturated heterocycles. The van der Waals surface area contributed by atoms with Crippen LogP contribution < -0.4 is 15.1 Å². The number of anilines is 4. The Labute approximate surface area is 239 Å². The van der Waals surface area contributed by atoms with Gasteiger partial charge in [-0.2, -0.15) is 13.2 Å². The second-order valence-electron chi connectivity index (χ2n) is 10.9. The van der Waals surface area contributed by atoms with Gasteiger partial charge >= 0.3 is 12.2 Å². The van der Waals surface area contributed by atoms with Crippen molar-refractivity contribution in [3.05, 3.63) is 83.4 Å². The van der Waals surface area contributed by atoms with E-state index in [1.54, 1.807) is 0 Å². The molecule has 0 radical (unpaired) electrons. The molecule has 5 rings (SSSR count). The molecule has 2 N–H and O–H groups in total. The molecular weight excluding hydrogens is 559 g/mol. The van der Waals surface area contributed by atoms with Gasteiger partial charge in [0.2, 0.25) is 0 Å². The Bertz CT molecular complexity index is 1500. The summed E-state index contributed by atoms with van der Waals surface area (Å²) in [7, 11) is 0. The molecule has 2 heterocycles. The zero-order valence-corrected chi connectivity index (χ0v) is 22.9. The van der Waals surface area contributed by atoms with Crippen LogP contribution in [0.3, 0.4) is 0 Å². The zero-order valence-electron chi connectivity index (χ0n) is 22.9. The summed E-state index contributed by atoms with van der Waals surface area (Å²) in [4.78, 5) is 30.7. The third-order valence-electron chi connectivity index (χ3n) is 7.71. The molecule has 3 aromatic carbocycles. The average Bonchev–Trinajstić information content (AvgIpc) is 3.09. The fourth-order valence-electron chi connectivity index (χ4n) is 5.21. The van der Waals surface area contributed by atoms with Crippen LogP contribution in [0.1, 0.15) is 37.8 Å². The number of carbonyl (C=O) groups excluding carboxylic acids is 2. The van der Waals surface area contributed by atoms with Crippen LogP contribution in [0.5, 0.6) is 0 Å². The number of halogens is 5. The number of nitrogens with zero attached hydrogens (tertiary/aromatic N) is 3. The molecule has 0 atom stereocenters. The lowest BCUT2D eigenvalue weighted by molar-refractivity contribution is -0.140. The minimum atomic E-state index is -5.02. The van der Waals surface area contributed by atoms with E-state index in [2.05, 4.69) is 10.2 Å². The molecule has 0 spiro atoms. The van der Waals surface area contributed by atoms with Gasteiger partial charge in [0.15, 0.2) is 0 Å². The molecule has 7 nitrogen and oxygen atoms in total. The second kappa shape index (κ2) is 10.9. The van der Waals surface area contributed by atoms with Crippen LogP contribution in [0.2, 0.25) is 0 Å². The van der Waals surface area contributed by atoms with Crippen molar-refractivity contribution in [1.29, 1.82) is 0 Å². The van der Waals surface area contributed by atoms with Gasteiger partial charge in [0.1, 0.15) is 17.2 Å². The average molecular weight is 589 g/mol. The fraction of sp³-hybridized carbons (Fsp3) is 0.333. The maximum atomic E-state index is 14.3. The highest BCUT2D eigenvalue weighted by Crippen LogP contribution is 2.38. The smallest absolute Gasteiger partial charge is 0.393 e. The van der Waals surface area contributed by atoms with E-state index < -0.39 is 46.5 Å². The van der Waals surface area contributed by atoms with Crippen LogP contribution in [0, 0.1) is 11.6 Å². The first-order chi connectivity index (χ1) is 19.8. The van der Waals surface area contributed by atoms with Gasteiger partial charge in [0.25, 0.3) is 5.91 Å². The number of imide groups is 1. The molecule has 3 aromatic rings. The van der Waals surface area contributed by atoms with Crippen LogP contribution in [-0.4, -0.2) is 46.7 Å². The number of rotatable bonds is 6. The van der Waals surface area contributed by atoms with Gasteiger partial charge in [-0.1, -0.05) is 6.07 Å². The minimum absolute atomic E-state index is 0.168. The quantitative estimate of drug-likeness (QED) is 0.256. The number of carbonyl (C=O) groups is 2. The summed E-state index contributed by atoms with van der Waals surface area (Å²) in [5.41, 5.74) is -1.07. The van der Waals surface area contributed by atoms with E-state index in [9.17, 15) is 36.6 Å². The topological polar surface area (TPSA) is 76.1 Å². The van der Waals surface area contributed by atoms with Gasteiger partial charge in [-0.15, -0.1) is 0 Å². The van der Waals surface area contributed by atoms with Crippen LogP contribution >= 0.6 is 0 Å². The number of hydrogen-bond acceptors (Lipinski definition) is 5. The number of alkyl halides is 3. The van der Waals surface area contributed by atoms with Gasteiger partial charge in [-0.05, 0) is 86.8 Å². The standard InChI is InChI=1S/C30H29F5N4O3/c1-29(2)27(41)39(22-9-10-25(32)24(16-22)30(33,34)35)28(42)38(29)17-18-3-4-19(31)15-26(18)36-20-5-7-21(8-6-20)37-13-11-23(40)12-14-37/h3-10,15-16,23,36,40H,11-14,17H2,1-2H3. The summed E-state index contributed by atoms with van der Waals surface area (Å²) in [6.07, 6.45) is -3.95. The van der Waals surface area contributed by atoms with E-state index in [4.69, 9.17) is 0 Å². The Hall–Kier alpha value is -4.19.